The molecule has 0 atom stereocenters. The van der Waals surface area contributed by atoms with Crippen LogP contribution in [-0.2, 0) is 13.5 Å². The molecule has 12 heavy (non-hydrogen) atoms. The van der Waals surface area contributed by atoms with Crippen LogP contribution in [0, 0.1) is 0 Å². The van der Waals surface area contributed by atoms with Crippen LogP contribution in [0.4, 0.5) is 0 Å². The molecule has 5 heteroatoms. The molecule has 0 aliphatic heterocycles. The fourth-order valence-electron chi connectivity index (χ4n) is 0.808. The number of hydrogen-bond donors (Lipinski definition) is 1. The fourth-order valence-corrected chi connectivity index (χ4v) is 0.808. The van der Waals surface area contributed by atoms with E-state index in [2.05, 4.69) is 15.4 Å². The molecule has 66 valence electrons. The zero-order valence-electron chi connectivity index (χ0n) is 7.14. The van der Waals surface area contributed by atoms with Gasteiger partial charge in [-0.3, -0.25) is 0 Å². The normalized spacial score (nSPS) is 11.2. The molecule has 2 N–H and O–H groups in total. The Morgan fingerprint density at radius 3 is 2.92 bits per heavy atom. The predicted molar refractivity (Wildman–Crippen MR) is 45.3 cm³/mol. The Kier molecular flexibility index (Phi) is 3.40. The monoisotopic (exact) mass is 167 g/mol. The number of tetrazole rings is 1. The van der Waals surface area contributed by atoms with Crippen LogP contribution in [0.25, 0.3) is 0 Å². The van der Waals surface area contributed by atoms with Crippen molar-refractivity contribution in [2.75, 3.05) is 6.54 Å². The molecule has 0 spiro atoms. The molecule has 0 bridgehead atoms. The van der Waals surface area contributed by atoms with Gasteiger partial charge in [-0.25, -0.2) is 0 Å². The number of nitrogens with two attached hydrogens (primary N) is 1. The summed E-state index contributed by atoms with van der Waals surface area (Å²) in [7, 11) is 1.75. The summed E-state index contributed by atoms with van der Waals surface area (Å²) in [4.78, 5) is 1.45. The number of nitrogens with zero attached hydrogens (tertiary/aromatic N) is 4. The molecule has 0 aromatic carbocycles. The maximum absolute atomic E-state index is 5.31. The molecule has 1 rings (SSSR count). The zero-order valence-corrected chi connectivity index (χ0v) is 7.14. The van der Waals surface area contributed by atoms with Gasteiger partial charge < -0.3 is 5.73 Å². The minimum Gasteiger partial charge on any atom is -0.330 e. The first-order chi connectivity index (χ1) is 5.83. The van der Waals surface area contributed by atoms with Crippen LogP contribution in [0.2, 0.25) is 0 Å². The number of aromatic nitrogens is 4. The average molecular weight is 167 g/mol. The number of hydrogen-bond acceptors (Lipinski definition) is 4. The molecule has 1 aromatic heterocycles. The van der Waals surface area contributed by atoms with Crippen molar-refractivity contribution in [2.45, 2.75) is 12.8 Å². The summed E-state index contributed by atoms with van der Waals surface area (Å²) in [5, 5.41) is 11.6. The molecule has 0 saturated heterocycles. The lowest BCUT2D eigenvalue weighted by Crippen LogP contribution is -1.95. The van der Waals surface area contributed by atoms with Crippen molar-refractivity contribution in [1.82, 2.24) is 20.2 Å². The Labute approximate surface area is 71.3 Å². The van der Waals surface area contributed by atoms with Crippen molar-refractivity contribution in [2.24, 2.45) is 12.8 Å². The van der Waals surface area contributed by atoms with Gasteiger partial charge in [-0.15, -0.1) is 10.2 Å². The third kappa shape index (κ3) is 2.79. The molecular formula is C7H13N5. The summed E-state index contributed by atoms with van der Waals surface area (Å²) in [6, 6.07) is 0. The van der Waals surface area contributed by atoms with Crippen molar-refractivity contribution in [3.63, 3.8) is 0 Å². The second-order valence-corrected chi connectivity index (χ2v) is 2.45. The molecule has 0 unspecified atom stereocenters. The van der Waals surface area contributed by atoms with Crippen LogP contribution in [0.3, 0.4) is 0 Å². The Morgan fingerprint density at radius 2 is 2.33 bits per heavy atom. The van der Waals surface area contributed by atoms with Gasteiger partial charge in [0, 0.05) is 6.42 Å². The van der Waals surface area contributed by atoms with Crippen LogP contribution >= 0.6 is 0 Å². The van der Waals surface area contributed by atoms with E-state index in [9.17, 15) is 0 Å². The van der Waals surface area contributed by atoms with Gasteiger partial charge >= 0.3 is 0 Å². The maximum atomic E-state index is 5.31. The predicted octanol–water partition coefficient (Wildman–Crippen LogP) is -0.342. The first-order valence-electron chi connectivity index (χ1n) is 3.91. The van der Waals surface area contributed by atoms with Gasteiger partial charge in [-0.05, 0) is 18.2 Å². The minimum atomic E-state index is 0.685. The van der Waals surface area contributed by atoms with Gasteiger partial charge in [0.05, 0.1) is 7.05 Å². The van der Waals surface area contributed by atoms with Gasteiger partial charge in [0.2, 0.25) is 0 Å². The molecule has 0 radical (unpaired) electrons. The number of aryl methyl sites for hydroxylation is 1. The first-order valence-corrected chi connectivity index (χ1v) is 3.91. The van der Waals surface area contributed by atoms with Gasteiger partial charge in [0.15, 0.2) is 5.82 Å². The summed E-state index contributed by atoms with van der Waals surface area (Å²) in [5.41, 5.74) is 5.31. The van der Waals surface area contributed by atoms with Gasteiger partial charge in [-0.1, -0.05) is 12.2 Å². The van der Waals surface area contributed by atoms with Gasteiger partial charge in [0.1, 0.15) is 0 Å². The van der Waals surface area contributed by atoms with E-state index in [0.717, 1.165) is 18.7 Å². The Morgan fingerprint density at radius 1 is 1.50 bits per heavy atom. The van der Waals surface area contributed by atoms with Crippen molar-refractivity contribution >= 4 is 0 Å². The van der Waals surface area contributed by atoms with E-state index in [1.165, 1.54) is 4.80 Å². The van der Waals surface area contributed by atoms with Crippen LogP contribution in [-0.4, -0.2) is 26.8 Å². The standard InChI is InChI=1S/C7H13N5/c1-12-10-7(9-11-12)5-3-2-4-6-8/h2-3H,4-6,8H2,1H3/b3-2+. The summed E-state index contributed by atoms with van der Waals surface area (Å²) >= 11 is 0. The highest BCUT2D eigenvalue weighted by atomic mass is 15.6. The van der Waals surface area contributed by atoms with Crippen molar-refractivity contribution in [3.8, 4) is 0 Å². The van der Waals surface area contributed by atoms with E-state index in [0.29, 0.717) is 6.54 Å². The summed E-state index contributed by atoms with van der Waals surface area (Å²) in [5.74, 6) is 0.741. The topological polar surface area (TPSA) is 69.6 Å². The molecule has 0 aliphatic carbocycles. The lowest BCUT2D eigenvalue weighted by molar-refractivity contribution is 0.628. The Bertz CT molecular complexity index is 252. The third-order valence-electron chi connectivity index (χ3n) is 1.35. The van der Waals surface area contributed by atoms with Crippen molar-refractivity contribution in [3.05, 3.63) is 18.0 Å². The Hall–Kier alpha value is -1.23. The number of allylic oxidation sites excluding steroid dienone is 1. The molecule has 1 aromatic rings. The van der Waals surface area contributed by atoms with E-state index >= 15 is 0 Å². The fraction of sp³-hybridized carbons (Fsp3) is 0.571. The van der Waals surface area contributed by atoms with Crippen LogP contribution < -0.4 is 5.73 Å². The maximum Gasteiger partial charge on any atom is 0.178 e. The molecule has 0 aliphatic rings. The third-order valence-corrected chi connectivity index (χ3v) is 1.35. The highest BCUT2D eigenvalue weighted by Crippen LogP contribution is 1.89. The highest BCUT2D eigenvalue weighted by molar-refractivity contribution is 4.92. The molecule has 1 heterocycles. The van der Waals surface area contributed by atoms with Gasteiger partial charge in [0.25, 0.3) is 0 Å². The largest absolute Gasteiger partial charge is 0.330 e. The van der Waals surface area contributed by atoms with Crippen LogP contribution in [0.5, 0.6) is 0 Å². The van der Waals surface area contributed by atoms with Crippen LogP contribution in [0.15, 0.2) is 12.2 Å². The zero-order chi connectivity index (χ0) is 8.81. The SMILES string of the molecule is Cn1nnc(C/C=C/CCN)n1. The second-order valence-electron chi connectivity index (χ2n) is 2.45. The van der Waals surface area contributed by atoms with Gasteiger partial charge in [-0.2, -0.15) is 4.80 Å². The average Bonchev–Trinajstić information content (AvgIpc) is 2.45. The lowest BCUT2D eigenvalue weighted by Gasteiger charge is -1.85. The quantitative estimate of drug-likeness (QED) is 0.623. The first kappa shape index (κ1) is 8.86. The molecule has 0 fully saturated rings. The summed E-state index contributed by atoms with van der Waals surface area (Å²) in [6.45, 7) is 0.685. The van der Waals surface area contributed by atoms with Crippen molar-refractivity contribution < 1.29 is 0 Å². The second kappa shape index (κ2) is 4.61. The summed E-state index contributed by atoms with van der Waals surface area (Å²) < 4.78 is 0. The van der Waals surface area contributed by atoms with E-state index in [1.54, 1.807) is 7.05 Å². The smallest absolute Gasteiger partial charge is 0.178 e. The highest BCUT2D eigenvalue weighted by Gasteiger charge is 1.94. The van der Waals surface area contributed by atoms with E-state index in [-0.39, 0.29) is 0 Å². The molecular weight excluding hydrogens is 154 g/mol. The lowest BCUT2D eigenvalue weighted by atomic mass is 10.3. The van der Waals surface area contributed by atoms with E-state index in [4.69, 9.17) is 5.73 Å². The summed E-state index contributed by atoms with van der Waals surface area (Å²) in [6.07, 6.45) is 5.66. The van der Waals surface area contributed by atoms with E-state index < -0.39 is 0 Å². The molecule has 0 saturated carbocycles. The minimum absolute atomic E-state index is 0.685. The van der Waals surface area contributed by atoms with Crippen LogP contribution in [0.1, 0.15) is 12.2 Å². The number of rotatable bonds is 4. The van der Waals surface area contributed by atoms with Crippen molar-refractivity contribution in [1.29, 1.82) is 0 Å². The van der Waals surface area contributed by atoms with E-state index in [1.807, 2.05) is 12.2 Å². The molecule has 5 nitrogen and oxygen atoms in total. The Balaban J connectivity index is 2.33. The molecule has 0 amide bonds.